The predicted molar refractivity (Wildman–Crippen MR) is 121 cm³/mol. The number of esters is 1. The van der Waals surface area contributed by atoms with Crippen LogP contribution in [0.25, 0.3) is 0 Å². The first-order valence-corrected chi connectivity index (χ1v) is 10.8. The number of carbonyl (C=O) groups is 2. The van der Waals surface area contributed by atoms with Gasteiger partial charge in [0, 0.05) is 10.6 Å². The van der Waals surface area contributed by atoms with Gasteiger partial charge in [-0.2, -0.15) is 0 Å². The SMILES string of the molecule is CCc1ccc(NC(=O)[C@H](C)OC(=O)[C@H](Sc2ccccc2)c2ccccc2)cc1. The smallest absolute Gasteiger partial charge is 0.324 e. The summed E-state index contributed by atoms with van der Waals surface area (Å²) >= 11 is 1.41. The fourth-order valence-corrected chi connectivity index (χ4v) is 3.90. The van der Waals surface area contributed by atoms with Crippen LogP contribution in [0, 0.1) is 0 Å². The monoisotopic (exact) mass is 419 g/mol. The molecular weight excluding hydrogens is 394 g/mol. The Balaban J connectivity index is 1.68. The van der Waals surface area contributed by atoms with Gasteiger partial charge in [-0.3, -0.25) is 9.59 Å². The van der Waals surface area contributed by atoms with Gasteiger partial charge in [0.05, 0.1) is 0 Å². The van der Waals surface area contributed by atoms with Crippen molar-refractivity contribution >= 4 is 29.3 Å². The van der Waals surface area contributed by atoms with E-state index >= 15 is 0 Å². The largest absolute Gasteiger partial charge is 0.451 e. The summed E-state index contributed by atoms with van der Waals surface area (Å²) in [5.74, 6) is -0.803. The molecule has 2 atom stereocenters. The van der Waals surface area contributed by atoms with Crippen LogP contribution in [-0.4, -0.2) is 18.0 Å². The molecule has 5 heteroatoms. The van der Waals surface area contributed by atoms with Crippen LogP contribution in [0.2, 0.25) is 0 Å². The van der Waals surface area contributed by atoms with E-state index in [0.717, 1.165) is 16.9 Å². The zero-order chi connectivity index (χ0) is 21.3. The highest BCUT2D eigenvalue weighted by molar-refractivity contribution is 8.00. The first kappa shape index (κ1) is 21.7. The molecule has 0 heterocycles. The lowest BCUT2D eigenvalue weighted by atomic mass is 10.1. The van der Waals surface area contributed by atoms with Crippen molar-refractivity contribution < 1.29 is 14.3 Å². The van der Waals surface area contributed by atoms with Crippen molar-refractivity contribution in [3.63, 3.8) is 0 Å². The third kappa shape index (κ3) is 5.97. The second kappa shape index (κ2) is 10.6. The van der Waals surface area contributed by atoms with Crippen molar-refractivity contribution in [1.29, 1.82) is 0 Å². The standard InChI is InChI=1S/C25H25NO3S/c1-3-19-14-16-21(17-15-19)26-24(27)18(2)29-25(28)23(20-10-6-4-7-11-20)30-22-12-8-5-9-13-22/h4-18,23H,3H2,1-2H3,(H,26,27)/t18-,23+/m0/s1. The van der Waals surface area contributed by atoms with E-state index in [9.17, 15) is 9.59 Å². The summed E-state index contributed by atoms with van der Waals surface area (Å²) in [7, 11) is 0. The summed E-state index contributed by atoms with van der Waals surface area (Å²) in [4.78, 5) is 26.5. The number of carbonyl (C=O) groups excluding carboxylic acids is 2. The van der Waals surface area contributed by atoms with E-state index in [1.54, 1.807) is 6.92 Å². The number of hydrogen-bond donors (Lipinski definition) is 1. The molecule has 0 saturated carbocycles. The maximum atomic E-state index is 13.0. The molecule has 0 aliphatic heterocycles. The van der Waals surface area contributed by atoms with Crippen LogP contribution in [0.15, 0.2) is 89.8 Å². The van der Waals surface area contributed by atoms with Gasteiger partial charge >= 0.3 is 5.97 Å². The number of thioether (sulfide) groups is 1. The van der Waals surface area contributed by atoms with E-state index in [1.807, 2.05) is 84.9 Å². The van der Waals surface area contributed by atoms with Gasteiger partial charge in [0.1, 0.15) is 5.25 Å². The molecule has 0 aromatic heterocycles. The molecule has 0 radical (unpaired) electrons. The fraction of sp³-hybridized carbons (Fsp3) is 0.200. The Bertz CT molecular complexity index is 959. The number of benzene rings is 3. The summed E-state index contributed by atoms with van der Waals surface area (Å²) in [5.41, 5.74) is 2.70. The van der Waals surface area contributed by atoms with Crippen LogP contribution in [0.5, 0.6) is 0 Å². The van der Waals surface area contributed by atoms with Crippen LogP contribution in [0.3, 0.4) is 0 Å². The number of aryl methyl sites for hydroxylation is 1. The number of amides is 1. The zero-order valence-electron chi connectivity index (χ0n) is 17.1. The topological polar surface area (TPSA) is 55.4 Å². The molecule has 0 fully saturated rings. The zero-order valence-corrected chi connectivity index (χ0v) is 17.9. The molecule has 0 unspecified atom stereocenters. The van der Waals surface area contributed by atoms with Gasteiger partial charge in [0.15, 0.2) is 6.10 Å². The molecule has 1 N–H and O–H groups in total. The minimum Gasteiger partial charge on any atom is -0.451 e. The third-order valence-electron chi connectivity index (χ3n) is 4.61. The van der Waals surface area contributed by atoms with Crippen LogP contribution >= 0.6 is 11.8 Å². The predicted octanol–water partition coefficient (Wildman–Crippen LogP) is 5.65. The highest BCUT2D eigenvalue weighted by Gasteiger charge is 2.27. The van der Waals surface area contributed by atoms with Crippen molar-refractivity contribution in [3.8, 4) is 0 Å². The molecule has 0 saturated heterocycles. The molecule has 0 bridgehead atoms. The van der Waals surface area contributed by atoms with Crippen molar-refractivity contribution in [2.24, 2.45) is 0 Å². The Morgan fingerprint density at radius 3 is 2.10 bits per heavy atom. The molecule has 3 aromatic rings. The summed E-state index contributed by atoms with van der Waals surface area (Å²) in [6, 6.07) is 26.8. The lowest BCUT2D eigenvalue weighted by molar-refractivity contribution is -0.152. The number of rotatable bonds is 8. The molecular formula is C25H25NO3S. The summed E-state index contributed by atoms with van der Waals surface area (Å²) in [5, 5.41) is 2.24. The molecule has 0 aliphatic carbocycles. The Morgan fingerprint density at radius 1 is 0.900 bits per heavy atom. The number of nitrogens with one attached hydrogen (secondary N) is 1. The molecule has 0 aliphatic rings. The Morgan fingerprint density at radius 2 is 1.50 bits per heavy atom. The van der Waals surface area contributed by atoms with Crippen molar-refractivity contribution in [2.75, 3.05) is 5.32 Å². The summed E-state index contributed by atoms with van der Waals surface area (Å²) in [6.07, 6.45) is 0.0216. The van der Waals surface area contributed by atoms with Crippen LogP contribution < -0.4 is 5.32 Å². The normalized spacial score (nSPS) is 12.6. The second-order valence-corrected chi connectivity index (χ2v) is 8.02. The average Bonchev–Trinajstić information content (AvgIpc) is 2.79. The van der Waals surface area contributed by atoms with Gasteiger partial charge in [-0.15, -0.1) is 11.8 Å². The molecule has 3 aromatic carbocycles. The average molecular weight is 420 g/mol. The van der Waals surface area contributed by atoms with Gasteiger partial charge in [-0.1, -0.05) is 67.6 Å². The minimum atomic E-state index is -0.911. The highest BCUT2D eigenvalue weighted by Crippen LogP contribution is 2.36. The molecule has 4 nitrogen and oxygen atoms in total. The van der Waals surface area contributed by atoms with E-state index < -0.39 is 17.3 Å². The Labute approximate surface area is 181 Å². The van der Waals surface area contributed by atoms with Gasteiger partial charge in [-0.25, -0.2) is 0 Å². The van der Waals surface area contributed by atoms with Gasteiger partial charge in [0.25, 0.3) is 5.91 Å². The molecule has 0 spiro atoms. The summed E-state index contributed by atoms with van der Waals surface area (Å²) < 4.78 is 5.55. The first-order valence-electron chi connectivity index (χ1n) is 9.93. The van der Waals surface area contributed by atoms with E-state index in [2.05, 4.69) is 12.2 Å². The third-order valence-corrected chi connectivity index (χ3v) is 5.85. The molecule has 1 amide bonds. The fourth-order valence-electron chi connectivity index (χ4n) is 2.87. The van der Waals surface area contributed by atoms with Crippen LogP contribution in [-0.2, 0) is 20.7 Å². The maximum absolute atomic E-state index is 13.0. The first-order chi connectivity index (χ1) is 14.6. The number of hydrogen-bond acceptors (Lipinski definition) is 4. The number of ether oxygens (including phenoxy) is 1. The van der Waals surface area contributed by atoms with Crippen molar-refractivity contribution in [1.82, 2.24) is 0 Å². The lowest BCUT2D eigenvalue weighted by Gasteiger charge is -2.19. The lowest BCUT2D eigenvalue weighted by Crippen LogP contribution is -2.31. The molecule has 154 valence electrons. The van der Waals surface area contributed by atoms with Gasteiger partial charge in [-0.05, 0) is 48.7 Å². The minimum absolute atomic E-state index is 0.357. The quantitative estimate of drug-likeness (QED) is 0.378. The van der Waals surface area contributed by atoms with E-state index in [-0.39, 0.29) is 5.91 Å². The molecule has 30 heavy (non-hydrogen) atoms. The van der Waals surface area contributed by atoms with E-state index in [0.29, 0.717) is 5.69 Å². The highest BCUT2D eigenvalue weighted by atomic mass is 32.2. The van der Waals surface area contributed by atoms with Crippen molar-refractivity contribution in [3.05, 3.63) is 96.1 Å². The second-order valence-electron chi connectivity index (χ2n) is 6.84. The maximum Gasteiger partial charge on any atom is 0.324 e. The Hall–Kier alpha value is -3.05. The number of anilines is 1. The van der Waals surface area contributed by atoms with Gasteiger partial charge in [0.2, 0.25) is 0 Å². The Kier molecular flexibility index (Phi) is 7.69. The van der Waals surface area contributed by atoms with E-state index in [1.165, 1.54) is 17.3 Å². The van der Waals surface area contributed by atoms with E-state index in [4.69, 9.17) is 4.74 Å². The van der Waals surface area contributed by atoms with Gasteiger partial charge < -0.3 is 10.1 Å². The van der Waals surface area contributed by atoms with Crippen LogP contribution in [0.1, 0.15) is 30.2 Å². The van der Waals surface area contributed by atoms with Crippen molar-refractivity contribution in [2.45, 2.75) is 36.5 Å². The molecule has 3 rings (SSSR count). The van der Waals surface area contributed by atoms with Crippen LogP contribution in [0.4, 0.5) is 5.69 Å². The summed E-state index contributed by atoms with van der Waals surface area (Å²) in [6.45, 7) is 3.66.